The molecule has 0 aliphatic rings. The van der Waals surface area contributed by atoms with E-state index >= 15 is 0 Å². The number of urea groups is 1. The van der Waals surface area contributed by atoms with Gasteiger partial charge in [0, 0.05) is 12.6 Å². The number of nitrogens with one attached hydrogen (secondary N) is 2. The predicted molar refractivity (Wildman–Crippen MR) is 46.5 cm³/mol. The van der Waals surface area contributed by atoms with Crippen LogP contribution in [0.25, 0.3) is 0 Å². The molecule has 3 heteroatoms. The van der Waals surface area contributed by atoms with E-state index in [0.717, 1.165) is 6.42 Å². The Morgan fingerprint density at radius 3 is 2.82 bits per heavy atom. The highest BCUT2D eigenvalue weighted by Gasteiger charge is 2.01. The summed E-state index contributed by atoms with van der Waals surface area (Å²) in [4.78, 5) is 10.9. The van der Waals surface area contributed by atoms with Crippen molar-refractivity contribution >= 4 is 6.03 Å². The second-order valence-corrected chi connectivity index (χ2v) is 2.45. The van der Waals surface area contributed by atoms with Crippen molar-refractivity contribution < 1.29 is 4.79 Å². The fraction of sp³-hybridized carbons (Fsp3) is 0.625. The zero-order valence-electron chi connectivity index (χ0n) is 7.18. The highest BCUT2D eigenvalue weighted by molar-refractivity contribution is 5.74. The lowest BCUT2D eigenvalue weighted by molar-refractivity contribution is 0.238. The average molecular weight is 156 g/mol. The largest absolute Gasteiger partial charge is 0.336 e. The molecule has 0 radical (unpaired) electrons. The Labute approximate surface area is 67.9 Å². The van der Waals surface area contributed by atoms with E-state index in [1.54, 1.807) is 6.08 Å². The summed E-state index contributed by atoms with van der Waals surface area (Å²) >= 11 is 0. The van der Waals surface area contributed by atoms with Gasteiger partial charge in [0.15, 0.2) is 0 Å². The van der Waals surface area contributed by atoms with Gasteiger partial charge in [-0.25, -0.2) is 4.79 Å². The highest BCUT2D eigenvalue weighted by Crippen LogP contribution is 1.86. The van der Waals surface area contributed by atoms with E-state index in [-0.39, 0.29) is 12.1 Å². The smallest absolute Gasteiger partial charge is 0.315 e. The monoisotopic (exact) mass is 156 g/mol. The molecule has 0 aromatic carbocycles. The Hall–Kier alpha value is -0.990. The second-order valence-electron chi connectivity index (χ2n) is 2.45. The Balaban J connectivity index is 3.43. The van der Waals surface area contributed by atoms with Crippen LogP contribution in [0.4, 0.5) is 4.79 Å². The van der Waals surface area contributed by atoms with Crippen molar-refractivity contribution in [3.8, 4) is 0 Å². The number of carbonyl (C=O) groups excluding carboxylic acids is 1. The molecule has 3 nitrogen and oxygen atoms in total. The molecule has 0 aromatic heterocycles. The molecule has 2 amide bonds. The van der Waals surface area contributed by atoms with Crippen LogP contribution in [0.5, 0.6) is 0 Å². The number of carbonyl (C=O) groups is 1. The topological polar surface area (TPSA) is 41.1 Å². The Morgan fingerprint density at radius 1 is 1.73 bits per heavy atom. The third-order valence-electron chi connectivity index (χ3n) is 1.40. The van der Waals surface area contributed by atoms with Crippen LogP contribution in [0.1, 0.15) is 20.3 Å². The third kappa shape index (κ3) is 5.45. The van der Waals surface area contributed by atoms with Gasteiger partial charge in [-0.3, -0.25) is 0 Å². The molecule has 0 bridgehead atoms. The maximum absolute atomic E-state index is 10.9. The summed E-state index contributed by atoms with van der Waals surface area (Å²) in [6.07, 6.45) is 2.59. The number of hydrogen-bond acceptors (Lipinski definition) is 1. The summed E-state index contributed by atoms with van der Waals surface area (Å²) in [6.45, 7) is 8.00. The fourth-order valence-corrected chi connectivity index (χ4v) is 0.542. The van der Waals surface area contributed by atoms with Gasteiger partial charge in [-0.2, -0.15) is 0 Å². The van der Waals surface area contributed by atoms with E-state index in [2.05, 4.69) is 17.2 Å². The minimum absolute atomic E-state index is 0.126. The summed E-state index contributed by atoms with van der Waals surface area (Å²) in [7, 11) is 0. The maximum Gasteiger partial charge on any atom is 0.315 e. The van der Waals surface area contributed by atoms with Crippen molar-refractivity contribution in [3.63, 3.8) is 0 Å². The molecule has 1 atom stereocenters. The van der Waals surface area contributed by atoms with Gasteiger partial charge in [-0.05, 0) is 13.3 Å². The van der Waals surface area contributed by atoms with Crippen LogP contribution >= 0.6 is 0 Å². The molecular weight excluding hydrogens is 140 g/mol. The quantitative estimate of drug-likeness (QED) is 0.591. The summed E-state index contributed by atoms with van der Waals surface area (Å²) in [6, 6.07) is 0.110. The number of amides is 2. The summed E-state index contributed by atoms with van der Waals surface area (Å²) in [5, 5.41) is 5.40. The van der Waals surface area contributed by atoms with Crippen molar-refractivity contribution in [2.45, 2.75) is 26.3 Å². The Bertz CT molecular complexity index is 134. The zero-order chi connectivity index (χ0) is 8.69. The molecule has 0 saturated carbocycles. The minimum Gasteiger partial charge on any atom is -0.336 e. The lowest BCUT2D eigenvalue weighted by Gasteiger charge is -2.10. The molecule has 0 aromatic rings. The summed E-state index contributed by atoms with van der Waals surface area (Å²) in [5.41, 5.74) is 0. The number of rotatable bonds is 4. The van der Waals surface area contributed by atoms with Crippen molar-refractivity contribution in [1.82, 2.24) is 10.6 Å². The number of hydrogen-bond donors (Lipinski definition) is 2. The third-order valence-corrected chi connectivity index (χ3v) is 1.40. The van der Waals surface area contributed by atoms with Crippen LogP contribution in [-0.4, -0.2) is 18.6 Å². The minimum atomic E-state index is -0.126. The molecule has 1 unspecified atom stereocenters. The molecule has 0 heterocycles. The van der Waals surface area contributed by atoms with E-state index in [9.17, 15) is 4.79 Å². The van der Waals surface area contributed by atoms with E-state index in [0.29, 0.717) is 6.54 Å². The lowest BCUT2D eigenvalue weighted by atomic mass is 10.3. The predicted octanol–water partition coefficient (Wildman–Crippen LogP) is 1.27. The SMILES string of the molecule is C=CCNC(=O)NC(C)CC. The Morgan fingerprint density at radius 2 is 2.36 bits per heavy atom. The van der Waals surface area contributed by atoms with E-state index < -0.39 is 0 Å². The van der Waals surface area contributed by atoms with Crippen molar-refractivity contribution in [2.75, 3.05) is 6.54 Å². The first-order valence-electron chi connectivity index (χ1n) is 3.86. The van der Waals surface area contributed by atoms with Crippen LogP contribution in [0.2, 0.25) is 0 Å². The molecule has 0 spiro atoms. The van der Waals surface area contributed by atoms with Crippen LogP contribution in [0, 0.1) is 0 Å². The molecule has 0 aliphatic heterocycles. The molecule has 0 saturated heterocycles. The second kappa shape index (κ2) is 5.77. The average Bonchev–Trinajstić information content (AvgIpc) is 2.00. The van der Waals surface area contributed by atoms with E-state index in [1.807, 2.05) is 13.8 Å². The van der Waals surface area contributed by atoms with Gasteiger partial charge in [0.25, 0.3) is 0 Å². The first-order chi connectivity index (χ1) is 5.20. The standard InChI is InChI=1S/C8H16N2O/c1-4-6-9-8(11)10-7(3)5-2/h4,7H,1,5-6H2,2-3H3,(H2,9,10,11). The van der Waals surface area contributed by atoms with Crippen molar-refractivity contribution in [1.29, 1.82) is 0 Å². The maximum atomic E-state index is 10.9. The normalized spacial score (nSPS) is 11.8. The summed E-state index contributed by atoms with van der Waals surface area (Å²) in [5.74, 6) is 0. The van der Waals surface area contributed by atoms with Crippen LogP contribution in [0.3, 0.4) is 0 Å². The van der Waals surface area contributed by atoms with Crippen molar-refractivity contribution in [3.05, 3.63) is 12.7 Å². The lowest BCUT2D eigenvalue weighted by Crippen LogP contribution is -2.40. The van der Waals surface area contributed by atoms with Crippen LogP contribution in [-0.2, 0) is 0 Å². The van der Waals surface area contributed by atoms with Gasteiger partial charge in [-0.1, -0.05) is 13.0 Å². The van der Waals surface area contributed by atoms with E-state index in [4.69, 9.17) is 0 Å². The first-order valence-corrected chi connectivity index (χ1v) is 3.86. The fourth-order valence-electron chi connectivity index (χ4n) is 0.542. The molecular formula is C8H16N2O. The van der Waals surface area contributed by atoms with Gasteiger partial charge in [0.05, 0.1) is 0 Å². The van der Waals surface area contributed by atoms with Crippen molar-refractivity contribution in [2.24, 2.45) is 0 Å². The molecule has 11 heavy (non-hydrogen) atoms. The molecule has 0 fully saturated rings. The molecule has 2 N–H and O–H groups in total. The van der Waals surface area contributed by atoms with Gasteiger partial charge in [0.1, 0.15) is 0 Å². The first kappa shape index (κ1) is 10.0. The Kier molecular flexibility index (Phi) is 5.25. The van der Waals surface area contributed by atoms with Gasteiger partial charge in [-0.15, -0.1) is 6.58 Å². The van der Waals surface area contributed by atoms with Crippen LogP contribution in [0.15, 0.2) is 12.7 Å². The van der Waals surface area contributed by atoms with Gasteiger partial charge in [0.2, 0.25) is 0 Å². The highest BCUT2D eigenvalue weighted by atomic mass is 16.2. The molecule has 0 aliphatic carbocycles. The zero-order valence-corrected chi connectivity index (χ0v) is 7.18. The molecule has 64 valence electrons. The summed E-state index contributed by atoms with van der Waals surface area (Å²) < 4.78 is 0. The molecule has 0 rings (SSSR count). The van der Waals surface area contributed by atoms with Crippen LogP contribution < -0.4 is 10.6 Å². The van der Waals surface area contributed by atoms with Gasteiger partial charge >= 0.3 is 6.03 Å². The van der Waals surface area contributed by atoms with E-state index in [1.165, 1.54) is 0 Å². The van der Waals surface area contributed by atoms with Gasteiger partial charge < -0.3 is 10.6 Å².